The van der Waals surface area contributed by atoms with Gasteiger partial charge in [-0.2, -0.15) is 0 Å². The zero-order valence-electron chi connectivity index (χ0n) is 12.4. The average Bonchev–Trinajstić information content (AvgIpc) is 3.23. The van der Waals surface area contributed by atoms with E-state index in [1.165, 1.54) is 39.2 Å². The molecule has 0 saturated heterocycles. The van der Waals surface area contributed by atoms with E-state index < -0.39 is 5.54 Å². The first kappa shape index (κ1) is 14.8. The van der Waals surface area contributed by atoms with Gasteiger partial charge in [-0.25, -0.2) is 0 Å². The topological polar surface area (TPSA) is 55.6 Å². The Morgan fingerprint density at radius 1 is 1.37 bits per heavy atom. The lowest BCUT2D eigenvalue weighted by atomic mass is 9.79. The summed E-state index contributed by atoms with van der Waals surface area (Å²) in [6, 6.07) is 1.22. The van der Waals surface area contributed by atoms with E-state index in [9.17, 15) is 4.79 Å². The molecule has 0 bridgehead atoms. The Morgan fingerprint density at radius 3 is 2.68 bits per heavy atom. The van der Waals surface area contributed by atoms with Crippen LogP contribution in [0.1, 0.15) is 58.3 Å². The van der Waals surface area contributed by atoms with Gasteiger partial charge in [0.1, 0.15) is 5.54 Å². The van der Waals surface area contributed by atoms with Crippen molar-refractivity contribution in [2.75, 3.05) is 13.7 Å². The third kappa shape index (κ3) is 3.48. The summed E-state index contributed by atoms with van der Waals surface area (Å²) in [7, 11) is 1.44. The Labute approximate surface area is 116 Å². The molecule has 2 fully saturated rings. The molecule has 2 saturated carbocycles. The Kier molecular flexibility index (Phi) is 4.85. The zero-order chi connectivity index (χ0) is 13.9. The molecule has 2 aliphatic carbocycles. The van der Waals surface area contributed by atoms with Gasteiger partial charge in [-0.3, -0.25) is 9.69 Å². The van der Waals surface area contributed by atoms with Gasteiger partial charge in [-0.05, 0) is 51.5 Å². The molecule has 110 valence electrons. The summed E-state index contributed by atoms with van der Waals surface area (Å²) in [5, 5.41) is 0. The fraction of sp³-hybridized carbons (Fsp3) is 0.933. The van der Waals surface area contributed by atoms with Crippen molar-refractivity contribution in [3.63, 3.8) is 0 Å². The molecule has 19 heavy (non-hydrogen) atoms. The van der Waals surface area contributed by atoms with Gasteiger partial charge < -0.3 is 10.5 Å². The Balaban J connectivity index is 2.00. The van der Waals surface area contributed by atoms with Gasteiger partial charge >= 0.3 is 5.97 Å². The maximum absolute atomic E-state index is 11.9. The fourth-order valence-corrected chi connectivity index (χ4v) is 3.36. The van der Waals surface area contributed by atoms with E-state index in [4.69, 9.17) is 10.5 Å². The predicted octanol–water partition coefficient (Wildman–Crippen LogP) is 2.06. The second-order valence-corrected chi connectivity index (χ2v) is 6.22. The SMILES string of the molecule is CCCCN(C1CC1)C1CCCC(N)(C(=O)OC)C1. The van der Waals surface area contributed by atoms with Gasteiger partial charge in [0, 0.05) is 12.1 Å². The largest absolute Gasteiger partial charge is 0.468 e. The van der Waals surface area contributed by atoms with Crippen LogP contribution in [0.3, 0.4) is 0 Å². The molecule has 0 aromatic rings. The molecule has 4 nitrogen and oxygen atoms in total. The molecule has 2 unspecified atom stereocenters. The fourth-order valence-electron chi connectivity index (χ4n) is 3.36. The molecule has 0 aromatic heterocycles. The second kappa shape index (κ2) is 6.23. The number of nitrogens with two attached hydrogens (primary N) is 1. The van der Waals surface area contributed by atoms with Gasteiger partial charge in [-0.15, -0.1) is 0 Å². The summed E-state index contributed by atoms with van der Waals surface area (Å²) < 4.78 is 4.90. The van der Waals surface area contributed by atoms with Crippen LogP contribution >= 0.6 is 0 Å². The molecule has 0 radical (unpaired) electrons. The third-order valence-electron chi connectivity index (χ3n) is 4.61. The van der Waals surface area contributed by atoms with Crippen LogP contribution in [0.25, 0.3) is 0 Å². The van der Waals surface area contributed by atoms with Gasteiger partial charge in [0.05, 0.1) is 7.11 Å². The van der Waals surface area contributed by atoms with Crippen LogP contribution < -0.4 is 5.73 Å². The summed E-state index contributed by atoms with van der Waals surface area (Å²) in [5.41, 5.74) is 5.54. The van der Waals surface area contributed by atoms with Crippen LogP contribution in [0.15, 0.2) is 0 Å². The third-order valence-corrected chi connectivity index (χ3v) is 4.61. The predicted molar refractivity (Wildman–Crippen MR) is 75.8 cm³/mol. The van der Waals surface area contributed by atoms with E-state index in [1.54, 1.807) is 0 Å². The zero-order valence-corrected chi connectivity index (χ0v) is 12.4. The molecule has 0 aromatic carbocycles. The molecule has 0 amide bonds. The van der Waals surface area contributed by atoms with Crippen LogP contribution in [0.5, 0.6) is 0 Å². The summed E-state index contributed by atoms with van der Waals surface area (Å²) in [6.45, 7) is 3.39. The number of nitrogens with zero attached hydrogens (tertiary/aromatic N) is 1. The average molecular weight is 268 g/mol. The molecule has 0 heterocycles. The lowest BCUT2D eigenvalue weighted by molar-refractivity contribution is -0.149. The van der Waals surface area contributed by atoms with Gasteiger partial charge in [0.2, 0.25) is 0 Å². The number of unbranched alkanes of at least 4 members (excludes halogenated alkanes) is 1. The summed E-state index contributed by atoms with van der Waals surface area (Å²) in [6.07, 6.45) is 8.83. The van der Waals surface area contributed by atoms with Crippen LogP contribution in [-0.2, 0) is 9.53 Å². The maximum atomic E-state index is 11.9. The number of hydrogen-bond donors (Lipinski definition) is 1. The highest BCUT2D eigenvalue weighted by molar-refractivity contribution is 5.80. The molecule has 2 aliphatic rings. The monoisotopic (exact) mass is 268 g/mol. The van der Waals surface area contributed by atoms with Gasteiger partial charge in [0.15, 0.2) is 0 Å². The summed E-state index contributed by atoms with van der Waals surface area (Å²) >= 11 is 0. The number of carbonyl (C=O) groups is 1. The second-order valence-electron chi connectivity index (χ2n) is 6.22. The minimum absolute atomic E-state index is 0.233. The first-order valence-corrected chi connectivity index (χ1v) is 7.74. The van der Waals surface area contributed by atoms with E-state index in [-0.39, 0.29) is 5.97 Å². The molecule has 2 atom stereocenters. The number of esters is 1. The lowest BCUT2D eigenvalue weighted by Gasteiger charge is -2.41. The lowest BCUT2D eigenvalue weighted by Crippen LogP contribution is -2.56. The number of hydrogen-bond acceptors (Lipinski definition) is 4. The van der Waals surface area contributed by atoms with Crippen LogP contribution in [0.4, 0.5) is 0 Å². The Bertz CT molecular complexity index is 317. The van der Waals surface area contributed by atoms with Crippen molar-refractivity contribution in [3.05, 3.63) is 0 Å². The van der Waals surface area contributed by atoms with Crippen LogP contribution in [0, 0.1) is 0 Å². The number of ether oxygens (including phenoxy) is 1. The van der Waals surface area contributed by atoms with E-state index in [2.05, 4.69) is 11.8 Å². The first-order valence-electron chi connectivity index (χ1n) is 7.74. The Hall–Kier alpha value is -0.610. The summed E-state index contributed by atoms with van der Waals surface area (Å²) in [4.78, 5) is 14.5. The highest BCUT2D eigenvalue weighted by atomic mass is 16.5. The van der Waals surface area contributed by atoms with Gasteiger partial charge in [0.25, 0.3) is 0 Å². The number of rotatable bonds is 6. The normalized spacial score (nSPS) is 31.5. The van der Waals surface area contributed by atoms with E-state index in [0.29, 0.717) is 6.04 Å². The van der Waals surface area contributed by atoms with Crippen molar-refractivity contribution in [2.45, 2.75) is 75.9 Å². The van der Waals surface area contributed by atoms with Gasteiger partial charge in [-0.1, -0.05) is 13.3 Å². The number of methoxy groups -OCH3 is 1. The maximum Gasteiger partial charge on any atom is 0.325 e. The molecule has 2 rings (SSSR count). The molecule has 0 spiro atoms. The van der Waals surface area contributed by atoms with E-state index in [0.717, 1.165) is 31.8 Å². The van der Waals surface area contributed by atoms with Crippen molar-refractivity contribution in [1.29, 1.82) is 0 Å². The molecular weight excluding hydrogens is 240 g/mol. The van der Waals surface area contributed by atoms with Crippen molar-refractivity contribution in [1.82, 2.24) is 4.90 Å². The molecule has 4 heteroatoms. The minimum Gasteiger partial charge on any atom is -0.468 e. The van der Waals surface area contributed by atoms with E-state index >= 15 is 0 Å². The highest BCUT2D eigenvalue weighted by Gasteiger charge is 2.44. The summed E-state index contributed by atoms with van der Waals surface area (Å²) in [5.74, 6) is -0.233. The molecule has 0 aliphatic heterocycles. The van der Waals surface area contributed by atoms with E-state index in [1.807, 2.05) is 0 Å². The number of carbonyl (C=O) groups excluding carboxylic acids is 1. The standard InChI is InChI=1S/C15H28N2O2/c1-3-4-10-17(12-7-8-12)13-6-5-9-15(16,11-13)14(18)19-2/h12-13H,3-11,16H2,1-2H3. The molecular formula is C15H28N2O2. The highest BCUT2D eigenvalue weighted by Crippen LogP contribution is 2.36. The van der Waals surface area contributed by atoms with Crippen LogP contribution in [-0.4, -0.2) is 42.1 Å². The first-order chi connectivity index (χ1) is 9.10. The van der Waals surface area contributed by atoms with Crippen molar-refractivity contribution in [2.24, 2.45) is 5.73 Å². The van der Waals surface area contributed by atoms with Crippen molar-refractivity contribution in [3.8, 4) is 0 Å². The van der Waals surface area contributed by atoms with Crippen LogP contribution in [0.2, 0.25) is 0 Å². The van der Waals surface area contributed by atoms with Crippen molar-refractivity contribution >= 4 is 5.97 Å². The quantitative estimate of drug-likeness (QED) is 0.749. The Morgan fingerprint density at radius 2 is 2.11 bits per heavy atom. The minimum atomic E-state index is -0.753. The smallest absolute Gasteiger partial charge is 0.325 e. The molecule has 2 N–H and O–H groups in total. The van der Waals surface area contributed by atoms with Crippen molar-refractivity contribution < 1.29 is 9.53 Å².